The molecule has 1 aliphatic rings. The van der Waals surface area contributed by atoms with Crippen molar-refractivity contribution in [2.75, 3.05) is 11.9 Å². The van der Waals surface area contributed by atoms with Crippen LogP contribution in [-0.2, 0) is 16.0 Å². The summed E-state index contributed by atoms with van der Waals surface area (Å²) in [6, 6.07) is 9.15. The molecular weight excluding hydrogens is 352 g/mol. The number of ketones is 1. The Balaban J connectivity index is 1.71. The Labute approximate surface area is 154 Å². The van der Waals surface area contributed by atoms with Crippen LogP contribution >= 0.6 is 0 Å². The summed E-state index contributed by atoms with van der Waals surface area (Å²) < 4.78 is 4.99. The number of nitro groups is 1. The Morgan fingerprint density at radius 3 is 2.74 bits per heavy atom. The lowest BCUT2D eigenvalue weighted by Crippen LogP contribution is -2.20. The summed E-state index contributed by atoms with van der Waals surface area (Å²) in [4.78, 5) is 46.4. The second kappa shape index (κ2) is 7.36. The molecule has 0 unspecified atom stereocenters. The number of fused-ring (bicyclic) bond motifs is 1. The molecule has 1 N–H and O–H groups in total. The van der Waals surface area contributed by atoms with E-state index in [4.69, 9.17) is 4.74 Å². The molecule has 0 saturated heterocycles. The molecule has 2 aromatic rings. The van der Waals surface area contributed by atoms with Gasteiger partial charge in [-0.25, -0.2) is 4.79 Å². The van der Waals surface area contributed by atoms with Crippen molar-refractivity contribution in [1.82, 2.24) is 0 Å². The number of para-hydroxylation sites is 1. The molecule has 8 nitrogen and oxygen atoms in total. The van der Waals surface area contributed by atoms with Crippen LogP contribution in [0.25, 0.3) is 0 Å². The van der Waals surface area contributed by atoms with Gasteiger partial charge in [0, 0.05) is 23.2 Å². The lowest BCUT2D eigenvalue weighted by atomic mass is 9.99. The Bertz CT molecular complexity index is 967. The summed E-state index contributed by atoms with van der Waals surface area (Å²) in [6.45, 7) is 0.987. The first-order chi connectivity index (χ1) is 12.9. The van der Waals surface area contributed by atoms with Crippen LogP contribution in [0.15, 0.2) is 36.4 Å². The average molecular weight is 368 g/mol. The van der Waals surface area contributed by atoms with Crippen LogP contribution in [0, 0.1) is 17.0 Å². The van der Waals surface area contributed by atoms with Crippen molar-refractivity contribution in [3.8, 4) is 0 Å². The molecule has 0 saturated carbocycles. The number of Topliss-reactive ketones (excluding diaryl/α,β-unsaturated/α-hetero) is 1. The number of hydrogen-bond acceptors (Lipinski definition) is 6. The fraction of sp³-hybridized carbons (Fsp3) is 0.211. The van der Waals surface area contributed by atoms with Gasteiger partial charge in [-0.1, -0.05) is 12.1 Å². The molecule has 0 fully saturated rings. The largest absolute Gasteiger partial charge is 0.454 e. The van der Waals surface area contributed by atoms with E-state index in [0.717, 1.165) is 5.56 Å². The van der Waals surface area contributed by atoms with Gasteiger partial charge in [0.1, 0.15) is 5.56 Å². The zero-order chi connectivity index (χ0) is 19.6. The molecule has 0 aromatic heterocycles. The van der Waals surface area contributed by atoms with Gasteiger partial charge in [-0.05, 0) is 43.2 Å². The SMILES string of the molecule is Cc1cccc(C(=O)OCC(=O)c2ccc3c(c2)CCC(=O)N3)c1[N+](=O)[O-]. The van der Waals surface area contributed by atoms with Crippen molar-refractivity contribution in [3.63, 3.8) is 0 Å². The van der Waals surface area contributed by atoms with Crippen molar-refractivity contribution >= 4 is 29.0 Å². The number of hydrogen-bond donors (Lipinski definition) is 1. The van der Waals surface area contributed by atoms with Crippen molar-refractivity contribution in [1.29, 1.82) is 0 Å². The van der Waals surface area contributed by atoms with E-state index in [1.165, 1.54) is 31.2 Å². The normalized spacial score (nSPS) is 12.7. The Morgan fingerprint density at radius 2 is 2.00 bits per heavy atom. The minimum Gasteiger partial charge on any atom is -0.454 e. The molecule has 1 aliphatic heterocycles. The minimum absolute atomic E-state index is 0.0738. The third kappa shape index (κ3) is 3.84. The van der Waals surface area contributed by atoms with E-state index < -0.39 is 23.3 Å². The molecule has 1 heterocycles. The molecular formula is C19H16N2O6. The average Bonchev–Trinajstić information content (AvgIpc) is 2.64. The first kappa shape index (κ1) is 18.2. The van der Waals surface area contributed by atoms with Crippen LogP contribution in [0.2, 0.25) is 0 Å². The summed E-state index contributed by atoms with van der Waals surface area (Å²) in [5.41, 5.74) is 1.64. The summed E-state index contributed by atoms with van der Waals surface area (Å²) >= 11 is 0. The zero-order valence-electron chi connectivity index (χ0n) is 14.5. The van der Waals surface area contributed by atoms with Crippen LogP contribution in [-0.4, -0.2) is 29.2 Å². The second-order valence-corrected chi connectivity index (χ2v) is 6.15. The second-order valence-electron chi connectivity index (χ2n) is 6.15. The highest BCUT2D eigenvalue weighted by atomic mass is 16.6. The number of benzene rings is 2. The van der Waals surface area contributed by atoms with E-state index in [1.807, 2.05) is 0 Å². The number of amides is 1. The maximum Gasteiger partial charge on any atom is 0.345 e. The van der Waals surface area contributed by atoms with Gasteiger partial charge < -0.3 is 10.1 Å². The Hall–Kier alpha value is -3.55. The highest BCUT2D eigenvalue weighted by Crippen LogP contribution is 2.25. The van der Waals surface area contributed by atoms with Crippen LogP contribution < -0.4 is 5.32 Å². The fourth-order valence-corrected chi connectivity index (χ4v) is 2.92. The maximum absolute atomic E-state index is 12.3. The summed E-state index contributed by atoms with van der Waals surface area (Å²) in [7, 11) is 0. The quantitative estimate of drug-likeness (QED) is 0.375. The topological polar surface area (TPSA) is 116 Å². The van der Waals surface area contributed by atoms with Crippen LogP contribution in [0.5, 0.6) is 0 Å². The first-order valence-electron chi connectivity index (χ1n) is 8.24. The third-order valence-electron chi connectivity index (χ3n) is 4.30. The van der Waals surface area contributed by atoms with Crippen molar-refractivity contribution in [2.24, 2.45) is 0 Å². The molecule has 8 heteroatoms. The predicted molar refractivity (Wildman–Crippen MR) is 95.8 cm³/mol. The molecule has 2 aromatic carbocycles. The number of nitrogens with one attached hydrogen (secondary N) is 1. The number of anilines is 1. The van der Waals surface area contributed by atoms with E-state index in [2.05, 4.69) is 5.32 Å². The van der Waals surface area contributed by atoms with Crippen LogP contribution in [0.1, 0.15) is 38.3 Å². The smallest absolute Gasteiger partial charge is 0.345 e. The number of aryl methyl sites for hydroxylation is 2. The van der Waals surface area contributed by atoms with Gasteiger partial charge in [0.15, 0.2) is 12.4 Å². The molecule has 0 spiro atoms. The van der Waals surface area contributed by atoms with Crippen molar-refractivity contribution in [3.05, 3.63) is 68.8 Å². The van der Waals surface area contributed by atoms with E-state index in [-0.39, 0.29) is 17.2 Å². The summed E-state index contributed by atoms with van der Waals surface area (Å²) in [5, 5.41) is 13.9. The third-order valence-corrected chi connectivity index (χ3v) is 4.30. The lowest BCUT2D eigenvalue weighted by Gasteiger charge is -2.17. The molecule has 0 bridgehead atoms. The number of esters is 1. The molecule has 0 aliphatic carbocycles. The van der Waals surface area contributed by atoms with Crippen molar-refractivity contribution in [2.45, 2.75) is 19.8 Å². The number of rotatable bonds is 5. The molecule has 138 valence electrons. The molecule has 0 atom stereocenters. The highest BCUT2D eigenvalue weighted by molar-refractivity contribution is 6.01. The van der Waals surface area contributed by atoms with Gasteiger partial charge in [0.25, 0.3) is 5.69 Å². The molecule has 3 rings (SSSR count). The van der Waals surface area contributed by atoms with Gasteiger partial charge in [-0.3, -0.25) is 19.7 Å². The minimum atomic E-state index is -0.927. The lowest BCUT2D eigenvalue weighted by molar-refractivity contribution is -0.385. The van der Waals surface area contributed by atoms with Crippen molar-refractivity contribution < 1.29 is 24.0 Å². The summed E-state index contributed by atoms with van der Waals surface area (Å²) in [6.07, 6.45) is 0.869. The number of carbonyl (C=O) groups is 3. The maximum atomic E-state index is 12.3. The van der Waals surface area contributed by atoms with E-state index in [0.29, 0.717) is 29.7 Å². The first-order valence-corrected chi connectivity index (χ1v) is 8.24. The van der Waals surface area contributed by atoms with Crippen LogP contribution in [0.3, 0.4) is 0 Å². The van der Waals surface area contributed by atoms with Crippen LogP contribution in [0.4, 0.5) is 11.4 Å². The molecule has 27 heavy (non-hydrogen) atoms. The number of nitrogens with zero attached hydrogens (tertiary/aromatic N) is 1. The number of carbonyl (C=O) groups excluding carboxylic acids is 3. The van der Waals surface area contributed by atoms with E-state index >= 15 is 0 Å². The highest BCUT2D eigenvalue weighted by Gasteiger charge is 2.24. The predicted octanol–water partition coefficient (Wildman–Crippen LogP) is 2.83. The Morgan fingerprint density at radius 1 is 1.22 bits per heavy atom. The van der Waals surface area contributed by atoms with E-state index in [1.54, 1.807) is 12.1 Å². The standard InChI is InChI=1S/C19H16N2O6/c1-11-3-2-4-14(18(11)21(25)26)19(24)27-10-16(22)13-5-7-15-12(9-13)6-8-17(23)20-15/h2-5,7,9H,6,8,10H2,1H3,(H,20,23). The van der Waals surface area contributed by atoms with Gasteiger partial charge in [-0.15, -0.1) is 0 Å². The zero-order valence-corrected chi connectivity index (χ0v) is 14.5. The van der Waals surface area contributed by atoms with E-state index in [9.17, 15) is 24.5 Å². The van der Waals surface area contributed by atoms with Gasteiger partial charge in [0.2, 0.25) is 5.91 Å². The van der Waals surface area contributed by atoms with Gasteiger partial charge in [0.05, 0.1) is 4.92 Å². The number of ether oxygens (including phenoxy) is 1. The van der Waals surface area contributed by atoms with Gasteiger partial charge >= 0.3 is 5.97 Å². The van der Waals surface area contributed by atoms with Gasteiger partial charge in [-0.2, -0.15) is 0 Å². The monoisotopic (exact) mass is 368 g/mol. The molecule has 1 amide bonds. The summed E-state index contributed by atoms with van der Waals surface area (Å²) in [5.74, 6) is -1.43. The fourth-order valence-electron chi connectivity index (χ4n) is 2.92. The number of nitro benzene ring substituents is 1. The molecule has 0 radical (unpaired) electrons. The Kier molecular flexibility index (Phi) is 4.98.